The van der Waals surface area contributed by atoms with Crippen LogP contribution in [0, 0.1) is 0 Å². The first-order valence-electron chi connectivity index (χ1n) is 5.56. The third-order valence-electron chi connectivity index (χ3n) is 3.21. The topological polar surface area (TPSA) is 42.7 Å². The Balaban J connectivity index is 1.74. The van der Waals surface area contributed by atoms with Crippen LogP contribution in [0.15, 0.2) is 6.20 Å². The largest absolute Gasteiger partial charge is 0.317 e. The summed E-state index contributed by atoms with van der Waals surface area (Å²) in [5.41, 5.74) is 1.21. The summed E-state index contributed by atoms with van der Waals surface area (Å²) >= 11 is 0. The third kappa shape index (κ3) is 1.54. The van der Waals surface area contributed by atoms with Crippen LogP contribution in [0.1, 0.15) is 43.3 Å². The van der Waals surface area contributed by atoms with Gasteiger partial charge in [-0.2, -0.15) is 0 Å². The smallest absolute Gasteiger partial charge is 0.0858 e. The monoisotopic (exact) mass is 192 g/mol. The molecule has 4 nitrogen and oxygen atoms in total. The van der Waals surface area contributed by atoms with Gasteiger partial charge in [-0.05, 0) is 38.8 Å². The molecule has 2 fully saturated rings. The molecule has 1 aromatic rings. The number of hydrogen-bond donors (Lipinski definition) is 1. The Morgan fingerprint density at radius 1 is 1.21 bits per heavy atom. The lowest BCUT2D eigenvalue weighted by molar-refractivity contribution is 0.337. The zero-order valence-electron chi connectivity index (χ0n) is 8.32. The van der Waals surface area contributed by atoms with Gasteiger partial charge in [0.15, 0.2) is 0 Å². The van der Waals surface area contributed by atoms with Crippen molar-refractivity contribution < 1.29 is 0 Å². The number of rotatable bonds is 2. The number of nitrogens with zero attached hydrogens (tertiary/aromatic N) is 3. The summed E-state index contributed by atoms with van der Waals surface area (Å²) in [5.74, 6) is 0.727. The van der Waals surface area contributed by atoms with Crippen molar-refractivity contribution in [2.45, 2.75) is 37.6 Å². The minimum atomic E-state index is 0.580. The van der Waals surface area contributed by atoms with Gasteiger partial charge in [0.2, 0.25) is 0 Å². The number of piperidine rings is 1. The normalized spacial score (nSPS) is 24.0. The molecule has 0 atom stereocenters. The standard InChI is InChI=1S/C10H16N4/c1-2-8(1)10-7-14(13-12-10)9-3-5-11-6-4-9/h7-9,11H,1-6H2. The summed E-state index contributed by atoms with van der Waals surface area (Å²) in [6, 6.07) is 0.580. The van der Waals surface area contributed by atoms with E-state index in [1.807, 2.05) is 0 Å². The van der Waals surface area contributed by atoms with E-state index in [2.05, 4.69) is 26.5 Å². The van der Waals surface area contributed by atoms with E-state index in [-0.39, 0.29) is 0 Å². The predicted octanol–water partition coefficient (Wildman–Crippen LogP) is 1.08. The summed E-state index contributed by atoms with van der Waals surface area (Å²) in [4.78, 5) is 0. The van der Waals surface area contributed by atoms with Gasteiger partial charge in [0.1, 0.15) is 0 Å². The SMILES string of the molecule is c1c(C2CC2)nnn1C1CCNCC1. The summed E-state index contributed by atoms with van der Waals surface area (Å²) in [6.07, 6.45) is 7.16. The highest BCUT2D eigenvalue weighted by molar-refractivity contribution is 5.09. The first-order chi connectivity index (χ1) is 6.93. The number of hydrogen-bond acceptors (Lipinski definition) is 3. The van der Waals surface area contributed by atoms with Gasteiger partial charge in [0.05, 0.1) is 11.7 Å². The molecule has 2 aliphatic rings. The molecule has 0 bridgehead atoms. The molecule has 0 amide bonds. The van der Waals surface area contributed by atoms with Crippen LogP contribution in [0.3, 0.4) is 0 Å². The maximum atomic E-state index is 4.25. The first kappa shape index (κ1) is 8.41. The van der Waals surface area contributed by atoms with Crippen LogP contribution >= 0.6 is 0 Å². The molecule has 1 aliphatic carbocycles. The molecule has 76 valence electrons. The Morgan fingerprint density at radius 3 is 2.71 bits per heavy atom. The molecular weight excluding hydrogens is 176 g/mol. The predicted molar refractivity (Wildman–Crippen MR) is 53.1 cm³/mol. The van der Waals surface area contributed by atoms with E-state index in [9.17, 15) is 0 Å². The molecule has 0 aromatic carbocycles. The quantitative estimate of drug-likeness (QED) is 0.762. The molecule has 3 rings (SSSR count). The summed E-state index contributed by atoms with van der Waals surface area (Å²) < 4.78 is 2.08. The van der Waals surface area contributed by atoms with Gasteiger partial charge in [-0.3, -0.25) is 0 Å². The maximum absolute atomic E-state index is 4.25. The molecule has 4 heteroatoms. The van der Waals surface area contributed by atoms with Crippen LogP contribution in [0.5, 0.6) is 0 Å². The van der Waals surface area contributed by atoms with Gasteiger partial charge < -0.3 is 5.32 Å². The molecular formula is C10H16N4. The lowest BCUT2D eigenvalue weighted by Gasteiger charge is -2.22. The van der Waals surface area contributed by atoms with Crippen molar-refractivity contribution in [2.75, 3.05) is 13.1 Å². The van der Waals surface area contributed by atoms with E-state index in [0.717, 1.165) is 19.0 Å². The van der Waals surface area contributed by atoms with Crippen molar-refractivity contribution in [1.29, 1.82) is 0 Å². The lowest BCUT2D eigenvalue weighted by Crippen LogP contribution is -2.29. The Morgan fingerprint density at radius 2 is 2.00 bits per heavy atom. The third-order valence-corrected chi connectivity index (χ3v) is 3.21. The second kappa shape index (κ2) is 3.35. The van der Waals surface area contributed by atoms with Crippen molar-refractivity contribution in [2.24, 2.45) is 0 Å². The van der Waals surface area contributed by atoms with E-state index in [1.165, 1.54) is 31.4 Å². The van der Waals surface area contributed by atoms with Gasteiger partial charge in [-0.1, -0.05) is 5.21 Å². The molecule has 1 N–H and O–H groups in total. The Kier molecular flexibility index (Phi) is 2.01. The Labute approximate surface area is 83.7 Å². The van der Waals surface area contributed by atoms with Gasteiger partial charge in [-0.15, -0.1) is 5.10 Å². The fourth-order valence-electron chi connectivity index (χ4n) is 2.11. The van der Waals surface area contributed by atoms with Crippen LogP contribution < -0.4 is 5.32 Å². The van der Waals surface area contributed by atoms with Crippen LogP contribution in [-0.4, -0.2) is 28.1 Å². The fraction of sp³-hybridized carbons (Fsp3) is 0.800. The lowest BCUT2D eigenvalue weighted by atomic mass is 10.1. The minimum absolute atomic E-state index is 0.580. The van der Waals surface area contributed by atoms with Gasteiger partial charge in [0.25, 0.3) is 0 Å². The van der Waals surface area contributed by atoms with E-state index >= 15 is 0 Å². The van der Waals surface area contributed by atoms with Crippen LogP contribution in [0.2, 0.25) is 0 Å². The molecule has 1 aliphatic heterocycles. The summed E-state index contributed by atoms with van der Waals surface area (Å²) in [5, 5.41) is 11.9. The van der Waals surface area contributed by atoms with Crippen molar-refractivity contribution in [1.82, 2.24) is 20.3 Å². The highest BCUT2D eigenvalue weighted by Crippen LogP contribution is 2.38. The number of nitrogens with one attached hydrogen (secondary N) is 1. The van der Waals surface area contributed by atoms with Gasteiger partial charge in [-0.25, -0.2) is 4.68 Å². The molecule has 2 heterocycles. The summed E-state index contributed by atoms with van der Waals surface area (Å²) in [7, 11) is 0. The van der Waals surface area contributed by atoms with E-state index in [0.29, 0.717) is 6.04 Å². The van der Waals surface area contributed by atoms with Crippen molar-refractivity contribution >= 4 is 0 Å². The number of aromatic nitrogens is 3. The van der Waals surface area contributed by atoms with Crippen molar-refractivity contribution in [3.63, 3.8) is 0 Å². The van der Waals surface area contributed by atoms with Crippen molar-refractivity contribution in [3.8, 4) is 0 Å². The molecule has 0 spiro atoms. The molecule has 1 aromatic heterocycles. The second-order valence-electron chi connectivity index (χ2n) is 4.38. The zero-order chi connectivity index (χ0) is 9.38. The van der Waals surface area contributed by atoms with E-state index in [1.54, 1.807) is 0 Å². The molecule has 1 saturated heterocycles. The van der Waals surface area contributed by atoms with Gasteiger partial charge in [0, 0.05) is 12.1 Å². The average molecular weight is 192 g/mol. The maximum Gasteiger partial charge on any atom is 0.0858 e. The Hall–Kier alpha value is -0.900. The fourth-order valence-corrected chi connectivity index (χ4v) is 2.11. The van der Waals surface area contributed by atoms with Gasteiger partial charge >= 0.3 is 0 Å². The molecule has 0 radical (unpaired) electrons. The second-order valence-corrected chi connectivity index (χ2v) is 4.38. The van der Waals surface area contributed by atoms with E-state index < -0.39 is 0 Å². The summed E-state index contributed by atoms with van der Waals surface area (Å²) in [6.45, 7) is 2.23. The molecule has 1 saturated carbocycles. The molecule has 0 unspecified atom stereocenters. The minimum Gasteiger partial charge on any atom is -0.317 e. The highest BCUT2D eigenvalue weighted by atomic mass is 15.4. The van der Waals surface area contributed by atoms with Crippen molar-refractivity contribution in [3.05, 3.63) is 11.9 Å². The average Bonchev–Trinajstić information content (AvgIpc) is 2.98. The first-order valence-corrected chi connectivity index (χ1v) is 5.56. The van der Waals surface area contributed by atoms with E-state index in [4.69, 9.17) is 0 Å². The van der Waals surface area contributed by atoms with Crippen LogP contribution in [0.25, 0.3) is 0 Å². The zero-order valence-corrected chi connectivity index (χ0v) is 8.32. The van der Waals surface area contributed by atoms with Crippen LogP contribution in [-0.2, 0) is 0 Å². The highest BCUT2D eigenvalue weighted by Gasteiger charge is 2.27. The molecule has 14 heavy (non-hydrogen) atoms. The Bertz CT molecular complexity index is 310. The van der Waals surface area contributed by atoms with Crippen LogP contribution in [0.4, 0.5) is 0 Å².